The molecular weight excluding hydrogens is 305 g/mol. The number of hydrogen-bond acceptors (Lipinski definition) is 5. The molecular formula is C16H14FNO5. The molecule has 0 N–H and O–H groups in total. The molecule has 0 unspecified atom stereocenters. The van der Waals surface area contributed by atoms with Crippen molar-refractivity contribution >= 4 is 11.7 Å². The molecule has 0 aliphatic carbocycles. The first-order chi connectivity index (χ1) is 11.1. The zero-order valence-corrected chi connectivity index (χ0v) is 12.1. The van der Waals surface area contributed by atoms with Gasteiger partial charge in [0.25, 0.3) is 0 Å². The molecule has 0 heterocycles. The Morgan fingerprint density at radius 2 is 1.91 bits per heavy atom. The Bertz CT molecular complexity index is 690. The fraction of sp³-hybridized carbons (Fsp3) is 0.188. The minimum atomic E-state index is -0.720. The van der Waals surface area contributed by atoms with Gasteiger partial charge in [-0.1, -0.05) is 18.2 Å². The van der Waals surface area contributed by atoms with E-state index in [0.717, 1.165) is 12.1 Å². The summed E-state index contributed by atoms with van der Waals surface area (Å²) >= 11 is 0. The van der Waals surface area contributed by atoms with Gasteiger partial charge in [-0.3, -0.25) is 14.9 Å². The van der Waals surface area contributed by atoms with E-state index in [1.165, 1.54) is 6.07 Å². The van der Waals surface area contributed by atoms with Crippen molar-refractivity contribution in [3.63, 3.8) is 0 Å². The number of hydrogen-bond donors (Lipinski definition) is 0. The molecule has 2 rings (SSSR count). The number of esters is 1. The molecule has 0 bridgehead atoms. The first-order valence-electron chi connectivity index (χ1n) is 6.89. The van der Waals surface area contributed by atoms with Gasteiger partial charge in [-0.05, 0) is 30.7 Å². The van der Waals surface area contributed by atoms with Gasteiger partial charge in [0.05, 0.1) is 17.6 Å². The molecule has 0 amide bonds. The van der Waals surface area contributed by atoms with Crippen LogP contribution in [0.3, 0.4) is 0 Å². The van der Waals surface area contributed by atoms with Crippen molar-refractivity contribution in [2.24, 2.45) is 0 Å². The number of para-hydroxylation sites is 1. The summed E-state index contributed by atoms with van der Waals surface area (Å²) in [4.78, 5) is 21.7. The van der Waals surface area contributed by atoms with Crippen LogP contribution in [-0.4, -0.2) is 17.5 Å². The molecule has 2 aromatic carbocycles. The molecule has 0 saturated carbocycles. The van der Waals surface area contributed by atoms with Crippen molar-refractivity contribution < 1.29 is 23.6 Å². The van der Waals surface area contributed by atoms with E-state index >= 15 is 0 Å². The van der Waals surface area contributed by atoms with E-state index in [4.69, 9.17) is 9.47 Å². The predicted octanol–water partition coefficient (Wildman–Crippen LogP) is 3.50. The number of carbonyl (C=O) groups excluding carboxylic acids is 1. The van der Waals surface area contributed by atoms with Gasteiger partial charge in [-0.2, -0.15) is 0 Å². The van der Waals surface area contributed by atoms with Crippen LogP contribution >= 0.6 is 0 Å². The number of halogens is 1. The van der Waals surface area contributed by atoms with E-state index in [1.807, 2.05) is 0 Å². The lowest BCUT2D eigenvalue weighted by Crippen LogP contribution is -2.10. The molecule has 7 heteroatoms. The van der Waals surface area contributed by atoms with Gasteiger partial charge in [0.15, 0.2) is 5.75 Å². The monoisotopic (exact) mass is 319 g/mol. The van der Waals surface area contributed by atoms with Crippen LogP contribution in [0.1, 0.15) is 12.8 Å². The quantitative estimate of drug-likeness (QED) is 0.256. The molecule has 0 fully saturated rings. The molecule has 0 atom stereocenters. The highest BCUT2D eigenvalue weighted by Crippen LogP contribution is 2.27. The predicted molar refractivity (Wildman–Crippen MR) is 79.9 cm³/mol. The Balaban J connectivity index is 1.79. The van der Waals surface area contributed by atoms with E-state index in [-0.39, 0.29) is 18.8 Å². The van der Waals surface area contributed by atoms with Gasteiger partial charge in [0, 0.05) is 6.42 Å². The second-order valence-electron chi connectivity index (χ2n) is 4.61. The van der Waals surface area contributed by atoms with Crippen LogP contribution in [0.4, 0.5) is 10.1 Å². The Morgan fingerprint density at radius 1 is 1.17 bits per heavy atom. The third kappa shape index (κ3) is 5.06. The van der Waals surface area contributed by atoms with E-state index in [1.54, 1.807) is 30.3 Å². The summed E-state index contributed by atoms with van der Waals surface area (Å²) in [5, 5.41) is 10.8. The molecule has 120 valence electrons. The summed E-state index contributed by atoms with van der Waals surface area (Å²) in [6.07, 6.45) is 0.421. The number of nitro groups is 1. The van der Waals surface area contributed by atoms with Gasteiger partial charge in [0.2, 0.25) is 0 Å². The maximum atomic E-state index is 13.0. The molecule has 6 nitrogen and oxygen atoms in total. The lowest BCUT2D eigenvalue weighted by Gasteiger charge is -2.07. The summed E-state index contributed by atoms with van der Waals surface area (Å²) in [6.45, 7) is 0.0797. The van der Waals surface area contributed by atoms with Gasteiger partial charge in [-0.15, -0.1) is 0 Å². The molecule has 2 aromatic rings. The standard InChI is InChI=1S/C16H14FNO5/c17-12-8-9-15(14(11-12)18(20)21)22-10-4-7-16(19)23-13-5-2-1-3-6-13/h1-3,5-6,8-9,11H,4,7,10H2. The Kier molecular flexibility index (Phi) is 5.62. The average Bonchev–Trinajstić information content (AvgIpc) is 2.53. The molecule has 0 aromatic heterocycles. The van der Waals surface area contributed by atoms with Crippen molar-refractivity contribution in [2.45, 2.75) is 12.8 Å². The second kappa shape index (κ2) is 7.88. The van der Waals surface area contributed by atoms with E-state index < -0.39 is 22.4 Å². The van der Waals surface area contributed by atoms with Crippen molar-refractivity contribution in [3.05, 3.63) is 64.5 Å². The fourth-order valence-corrected chi connectivity index (χ4v) is 1.82. The fourth-order valence-electron chi connectivity index (χ4n) is 1.82. The minimum Gasteiger partial charge on any atom is -0.487 e. The molecule has 0 aliphatic rings. The van der Waals surface area contributed by atoms with E-state index in [2.05, 4.69) is 0 Å². The first-order valence-corrected chi connectivity index (χ1v) is 6.89. The smallest absolute Gasteiger partial charge is 0.313 e. The highest BCUT2D eigenvalue weighted by molar-refractivity contribution is 5.72. The van der Waals surface area contributed by atoms with Gasteiger partial charge >= 0.3 is 11.7 Å². The topological polar surface area (TPSA) is 78.7 Å². The third-order valence-electron chi connectivity index (χ3n) is 2.88. The minimum absolute atomic E-state index is 0.0344. The number of rotatable bonds is 7. The average molecular weight is 319 g/mol. The summed E-state index contributed by atoms with van der Waals surface area (Å²) in [7, 11) is 0. The molecule has 0 saturated heterocycles. The summed E-state index contributed by atoms with van der Waals surface area (Å²) < 4.78 is 23.3. The SMILES string of the molecule is O=C(CCCOc1ccc(F)cc1[N+](=O)[O-])Oc1ccccc1. The highest BCUT2D eigenvalue weighted by atomic mass is 19.1. The Labute approximate surface area is 131 Å². The van der Waals surface area contributed by atoms with Gasteiger partial charge < -0.3 is 9.47 Å². The first kappa shape index (κ1) is 16.4. The van der Waals surface area contributed by atoms with Crippen LogP contribution in [0.25, 0.3) is 0 Å². The van der Waals surface area contributed by atoms with Crippen LogP contribution in [0.2, 0.25) is 0 Å². The van der Waals surface area contributed by atoms with E-state index in [0.29, 0.717) is 12.2 Å². The van der Waals surface area contributed by atoms with Crippen LogP contribution in [0, 0.1) is 15.9 Å². The number of nitro benzene ring substituents is 1. The van der Waals surface area contributed by atoms with Crippen LogP contribution in [-0.2, 0) is 4.79 Å². The number of carbonyl (C=O) groups is 1. The molecule has 0 radical (unpaired) electrons. The Morgan fingerprint density at radius 3 is 2.61 bits per heavy atom. The van der Waals surface area contributed by atoms with Crippen LogP contribution in [0.5, 0.6) is 11.5 Å². The maximum absolute atomic E-state index is 13.0. The lowest BCUT2D eigenvalue weighted by atomic mass is 10.3. The van der Waals surface area contributed by atoms with Crippen LogP contribution in [0.15, 0.2) is 48.5 Å². The van der Waals surface area contributed by atoms with Crippen molar-refractivity contribution in [1.82, 2.24) is 0 Å². The van der Waals surface area contributed by atoms with Gasteiger partial charge in [-0.25, -0.2) is 4.39 Å². The second-order valence-corrected chi connectivity index (χ2v) is 4.61. The van der Waals surface area contributed by atoms with Crippen molar-refractivity contribution in [3.8, 4) is 11.5 Å². The largest absolute Gasteiger partial charge is 0.487 e. The molecule has 0 aliphatic heterocycles. The number of nitrogens with zero attached hydrogens (tertiary/aromatic N) is 1. The third-order valence-corrected chi connectivity index (χ3v) is 2.88. The summed E-state index contributed by atoms with van der Waals surface area (Å²) in [5.74, 6) is -0.718. The molecule has 23 heavy (non-hydrogen) atoms. The summed E-state index contributed by atoms with van der Waals surface area (Å²) in [6, 6.07) is 11.7. The van der Waals surface area contributed by atoms with Crippen molar-refractivity contribution in [2.75, 3.05) is 6.61 Å². The molecule has 0 spiro atoms. The zero-order chi connectivity index (χ0) is 16.7. The lowest BCUT2D eigenvalue weighted by molar-refractivity contribution is -0.386. The number of ether oxygens (including phenoxy) is 2. The Hall–Kier alpha value is -2.96. The van der Waals surface area contributed by atoms with E-state index in [9.17, 15) is 19.3 Å². The number of benzene rings is 2. The van der Waals surface area contributed by atoms with Gasteiger partial charge in [0.1, 0.15) is 11.6 Å². The highest BCUT2D eigenvalue weighted by Gasteiger charge is 2.16. The normalized spacial score (nSPS) is 10.1. The van der Waals surface area contributed by atoms with Crippen LogP contribution < -0.4 is 9.47 Å². The zero-order valence-electron chi connectivity index (χ0n) is 12.1. The van der Waals surface area contributed by atoms with Crippen molar-refractivity contribution in [1.29, 1.82) is 0 Å². The maximum Gasteiger partial charge on any atom is 0.313 e. The summed E-state index contributed by atoms with van der Waals surface area (Å²) in [5.41, 5.74) is -0.447.